The van der Waals surface area contributed by atoms with E-state index in [-0.39, 0.29) is 6.04 Å². The highest BCUT2D eigenvalue weighted by atomic mass is 16.5. The molecule has 6 heteroatoms. The lowest BCUT2D eigenvalue weighted by atomic mass is 10.1. The normalized spacial score (nSPS) is 12.2. The Morgan fingerprint density at radius 1 is 1.24 bits per heavy atom. The molecular weight excluding hydrogens is 270 g/mol. The van der Waals surface area contributed by atoms with Gasteiger partial charge in [-0.3, -0.25) is 0 Å². The van der Waals surface area contributed by atoms with Gasteiger partial charge in [-0.1, -0.05) is 6.92 Å². The van der Waals surface area contributed by atoms with E-state index in [1.807, 2.05) is 6.92 Å². The second-order valence-electron chi connectivity index (χ2n) is 4.65. The number of nitrogens with one attached hydrogen (secondary N) is 1. The maximum atomic E-state index is 5.40. The Hall–Kier alpha value is -1.40. The molecule has 1 rings (SSSR count). The van der Waals surface area contributed by atoms with Crippen molar-refractivity contribution in [3.8, 4) is 11.8 Å². The van der Waals surface area contributed by atoms with E-state index in [2.05, 4.69) is 22.2 Å². The van der Waals surface area contributed by atoms with Gasteiger partial charge in [0.1, 0.15) is 5.69 Å². The highest BCUT2D eigenvalue weighted by molar-refractivity contribution is 5.25. The van der Waals surface area contributed by atoms with E-state index in [4.69, 9.17) is 14.2 Å². The maximum absolute atomic E-state index is 5.40. The Morgan fingerprint density at radius 2 is 2.05 bits per heavy atom. The van der Waals surface area contributed by atoms with Crippen molar-refractivity contribution >= 4 is 0 Å². The molecule has 1 heterocycles. The fourth-order valence-corrected chi connectivity index (χ4v) is 2.04. The Labute approximate surface area is 127 Å². The highest BCUT2D eigenvalue weighted by Crippen LogP contribution is 2.26. The molecule has 120 valence electrons. The molecule has 1 aromatic rings. The third kappa shape index (κ3) is 5.85. The molecule has 0 amide bonds. The number of ether oxygens (including phenoxy) is 3. The van der Waals surface area contributed by atoms with Crippen LogP contribution in [-0.2, 0) is 4.74 Å². The molecule has 0 bridgehead atoms. The van der Waals surface area contributed by atoms with Gasteiger partial charge in [-0.2, -0.15) is 4.98 Å². The molecule has 0 aliphatic rings. The number of hydrogen-bond donors (Lipinski definition) is 1. The summed E-state index contributed by atoms with van der Waals surface area (Å²) in [5.74, 6) is 0.971. The van der Waals surface area contributed by atoms with Crippen molar-refractivity contribution in [1.29, 1.82) is 0 Å². The Kier molecular flexibility index (Phi) is 8.69. The predicted octanol–water partition coefficient (Wildman–Crippen LogP) is 2.35. The van der Waals surface area contributed by atoms with Crippen LogP contribution in [0.1, 0.15) is 44.8 Å². The average molecular weight is 297 g/mol. The van der Waals surface area contributed by atoms with E-state index in [1.165, 1.54) is 0 Å². The summed E-state index contributed by atoms with van der Waals surface area (Å²) in [7, 11) is 3.17. The predicted molar refractivity (Wildman–Crippen MR) is 81.9 cm³/mol. The SMILES string of the molecule is CCCNC(CCCOCC)c1ncc(OC)nc1OC. The Balaban J connectivity index is 2.80. The summed E-state index contributed by atoms with van der Waals surface area (Å²) in [5, 5.41) is 3.50. The molecule has 1 atom stereocenters. The van der Waals surface area contributed by atoms with Crippen molar-refractivity contribution in [1.82, 2.24) is 15.3 Å². The van der Waals surface area contributed by atoms with E-state index < -0.39 is 0 Å². The van der Waals surface area contributed by atoms with Crippen LogP contribution in [-0.4, -0.2) is 43.9 Å². The first kappa shape index (κ1) is 17.7. The van der Waals surface area contributed by atoms with Crippen molar-refractivity contribution in [2.45, 2.75) is 39.2 Å². The van der Waals surface area contributed by atoms with Crippen molar-refractivity contribution in [3.05, 3.63) is 11.9 Å². The molecule has 1 aromatic heterocycles. The lowest BCUT2D eigenvalue weighted by Gasteiger charge is -2.19. The molecule has 0 aromatic carbocycles. The second kappa shape index (κ2) is 10.3. The van der Waals surface area contributed by atoms with Crippen LogP contribution < -0.4 is 14.8 Å². The van der Waals surface area contributed by atoms with Crippen molar-refractivity contribution in [3.63, 3.8) is 0 Å². The third-order valence-electron chi connectivity index (χ3n) is 3.10. The van der Waals surface area contributed by atoms with Crippen molar-refractivity contribution < 1.29 is 14.2 Å². The monoisotopic (exact) mass is 297 g/mol. The fourth-order valence-electron chi connectivity index (χ4n) is 2.04. The quantitative estimate of drug-likeness (QED) is 0.633. The molecule has 0 saturated carbocycles. The first-order chi connectivity index (χ1) is 10.3. The van der Waals surface area contributed by atoms with Crippen LogP contribution in [0.5, 0.6) is 11.8 Å². The second-order valence-corrected chi connectivity index (χ2v) is 4.65. The van der Waals surface area contributed by atoms with E-state index in [0.29, 0.717) is 11.8 Å². The number of nitrogens with zero attached hydrogens (tertiary/aromatic N) is 2. The van der Waals surface area contributed by atoms with Crippen LogP contribution in [0.2, 0.25) is 0 Å². The summed E-state index contributed by atoms with van der Waals surface area (Å²) in [4.78, 5) is 8.76. The first-order valence-electron chi connectivity index (χ1n) is 7.52. The zero-order chi connectivity index (χ0) is 15.5. The standard InChI is InChI=1S/C15H27N3O3/c1-5-9-16-12(8-7-10-21-6-2)14-15(20-4)18-13(19-3)11-17-14/h11-12,16H,5-10H2,1-4H3. The number of aromatic nitrogens is 2. The minimum atomic E-state index is 0.110. The lowest BCUT2D eigenvalue weighted by Crippen LogP contribution is -2.24. The van der Waals surface area contributed by atoms with Crippen LogP contribution in [0.3, 0.4) is 0 Å². The van der Waals surface area contributed by atoms with Crippen LogP contribution in [0, 0.1) is 0 Å². The molecule has 1 N–H and O–H groups in total. The molecule has 0 aliphatic heterocycles. The van der Waals surface area contributed by atoms with E-state index in [9.17, 15) is 0 Å². The van der Waals surface area contributed by atoms with Crippen LogP contribution in [0.25, 0.3) is 0 Å². The summed E-state index contributed by atoms with van der Waals surface area (Å²) in [6.07, 6.45) is 4.58. The Bertz CT molecular complexity index is 402. The third-order valence-corrected chi connectivity index (χ3v) is 3.10. The van der Waals surface area contributed by atoms with Gasteiger partial charge in [0.15, 0.2) is 0 Å². The zero-order valence-corrected chi connectivity index (χ0v) is 13.5. The minimum Gasteiger partial charge on any atom is -0.480 e. The van der Waals surface area contributed by atoms with E-state index in [0.717, 1.165) is 44.7 Å². The minimum absolute atomic E-state index is 0.110. The van der Waals surface area contributed by atoms with Crippen molar-refractivity contribution in [2.75, 3.05) is 34.0 Å². The van der Waals surface area contributed by atoms with Crippen LogP contribution >= 0.6 is 0 Å². The van der Waals surface area contributed by atoms with Gasteiger partial charge >= 0.3 is 0 Å². The van der Waals surface area contributed by atoms with Gasteiger partial charge in [0.25, 0.3) is 0 Å². The number of rotatable bonds is 11. The first-order valence-corrected chi connectivity index (χ1v) is 7.52. The highest BCUT2D eigenvalue weighted by Gasteiger charge is 2.19. The van der Waals surface area contributed by atoms with Gasteiger partial charge in [0.2, 0.25) is 11.8 Å². The number of hydrogen-bond acceptors (Lipinski definition) is 6. The summed E-state index contributed by atoms with van der Waals surface area (Å²) in [6, 6.07) is 0.110. The van der Waals surface area contributed by atoms with Gasteiger partial charge in [0.05, 0.1) is 26.5 Å². The number of methoxy groups -OCH3 is 2. The largest absolute Gasteiger partial charge is 0.480 e. The summed E-state index contributed by atoms with van der Waals surface area (Å²) >= 11 is 0. The van der Waals surface area contributed by atoms with Gasteiger partial charge in [-0.15, -0.1) is 0 Å². The topological polar surface area (TPSA) is 65.5 Å². The molecule has 0 radical (unpaired) electrons. The van der Waals surface area contributed by atoms with Gasteiger partial charge < -0.3 is 19.5 Å². The summed E-state index contributed by atoms with van der Waals surface area (Å²) < 4.78 is 15.8. The average Bonchev–Trinajstić information content (AvgIpc) is 2.53. The molecule has 0 saturated heterocycles. The zero-order valence-electron chi connectivity index (χ0n) is 13.5. The van der Waals surface area contributed by atoms with Crippen molar-refractivity contribution in [2.24, 2.45) is 0 Å². The summed E-state index contributed by atoms with van der Waals surface area (Å²) in [5.41, 5.74) is 0.822. The molecular formula is C15H27N3O3. The van der Waals surface area contributed by atoms with Crippen LogP contribution in [0.4, 0.5) is 0 Å². The van der Waals surface area contributed by atoms with Gasteiger partial charge in [0, 0.05) is 13.2 Å². The Morgan fingerprint density at radius 3 is 2.67 bits per heavy atom. The molecule has 6 nitrogen and oxygen atoms in total. The van der Waals surface area contributed by atoms with E-state index >= 15 is 0 Å². The lowest BCUT2D eigenvalue weighted by molar-refractivity contribution is 0.140. The molecule has 0 spiro atoms. The molecule has 1 unspecified atom stereocenters. The van der Waals surface area contributed by atoms with Gasteiger partial charge in [-0.25, -0.2) is 4.98 Å². The van der Waals surface area contributed by atoms with Gasteiger partial charge in [-0.05, 0) is 32.7 Å². The van der Waals surface area contributed by atoms with E-state index in [1.54, 1.807) is 20.4 Å². The summed E-state index contributed by atoms with van der Waals surface area (Å²) in [6.45, 7) is 6.58. The van der Waals surface area contributed by atoms with Crippen LogP contribution in [0.15, 0.2) is 6.20 Å². The molecule has 21 heavy (non-hydrogen) atoms. The molecule has 0 fully saturated rings. The smallest absolute Gasteiger partial charge is 0.240 e. The molecule has 0 aliphatic carbocycles. The fraction of sp³-hybridized carbons (Fsp3) is 0.733. The maximum Gasteiger partial charge on any atom is 0.240 e.